The molecule has 92 valence electrons. The molecule has 0 bridgehead atoms. The summed E-state index contributed by atoms with van der Waals surface area (Å²) in [5.74, 6) is 0.487. The molecule has 0 aromatic carbocycles. The van der Waals surface area contributed by atoms with Crippen LogP contribution in [0.2, 0.25) is 0 Å². The van der Waals surface area contributed by atoms with Crippen LogP contribution in [0, 0.1) is 5.92 Å². The maximum atomic E-state index is 10.1. The topological polar surface area (TPSA) is 32.3 Å². The monoisotopic (exact) mass is 223 g/mol. The van der Waals surface area contributed by atoms with Crippen LogP contribution >= 0.6 is 0 Å². The van der Waals surface area contributed by atoms with Crippen LogP contribution < -0.4 is 5.32 Å². The number of aliphatic hydroxyl groups excluding tert-OH is 1. The van der Waals surface area contributed by atoms with Gasteiger partial charge in [0.15, 0.2) is 0 Å². The Balaban J connectivity index is 1.66. The van der Waals surface area contributed by atoms with Gasteiger partial charge < -0.3 is 10.4 Å². The van der Waals surface area contributed by atoms with Crippen molar-refractivity contribution in [2.45, 2.75) is 63.5 Å². The molecule has 2 aliphatic carbocycles. The van der Waals surface area contributed by atoms with E-state index in [0.29, 0.717) is 12.0 Å². The first-order valence-electron chi connectivity index (χ1n) is 6.92. The quantitative estimate of drug-likeness (QED) is 0.718. The summed E-state index contributed by atoms with van der Waals surface area (Å²) in [7, 11) is 0. The number of rotatable bonds is 4. The van der Waals surface area contributed by atoms with Gasteiger partial charge in [-0.15, -0.1) is 0 Å². The highest BCUT2D eigenvalue weighted by molar-refractivity contribution is 4.92. The minimum Gasteiger partial charge on any atom is -0.392 e. The Bertz CT molecular complexity index is 221. The van der Waals surface area contributed by atoms with Crippen LogP contribution in [0.3, 0.4) is 0 Å². The van der Waals surface area contributed by atoms with Gasteiger partial charge in [0.25, 0.3) is 0 Å². The molecule has 0 amide bonds. The maximum Gasteiger partial charge on any atom is 0.0695 e. The second-order valence-corrected chi connectivity index (χ2v) is 5.36. The number of allylic oxidation sites excluding steroid dienone is 2. The molecule has 0 heterocycles. The lowest BCUT2D eigenvalue weighted by atomic mass is 9.89. The lowest BCUT2D eigenvalue weighted by Gasteiger charge is -2.28. The van der Waals surface area contributed by atoms with E-state index in [2.05, 4.69) is 17.5 Å². The van der Waals surface area contributed by atoms with Crippen LogP contribution in [-0.2, 0) is 0 Å². The molecule has 1 fully saturated rings. The normalized spacial score (nSPS) is 29.2. The zero-order chi connectivity index (χ0) is 11.2. The molecule has 0 spiro atoms. The smallest absolute Gasteiger partial charge is 0.0695 e. The molecule has 2 rings (SSSR count). The van der Waals surface area contributed by atoms with Gasteiger partial charge in [0.2, 0.25) is 0 Å². The summed E-state index contributed by atoms with van der Waals surface area (Å²) in [5, 5.41) is 13.7. The van der Waals surface area contributed by atoms with Crippen LogP contribution in [-0.4, -0.2) is 23.8 Å². The van der Waals surface area contributed by atoms with E-state index in [9.17, 15) is 5.11 Å². The first-order chi connectivity index (χ1) is 7.86. The van der Waals surface area contributed by atoms with Crippen LogP contribution in [0.4, 0.5) is 0 Å². The molecule has 2 N–H and O–H groups in total. The van der Waals surface area contributed by atoms with Gasteiger partial charge >= 0.3 is 0 Å². The van der Waals surface area contributed by atoms with Crippen molar-refractivity contribution in [3.63, 3.8) is 0 Å². The first-order valence-corrected chi connectivity index (χ1v) is 6.92. The molecule has 2 atom stereocenters. The predicted octanol–water partition coefficient (Wildman–Crippen LogP) is 2.63. The molecule has 1 saturated carbocycles. The number of aliphatic hydroxyl groups is 1. The standard InChI is InChI=1S/C14H25NO/c16-14(12-7-3-1-4-8-12)11-15-13-9-5-2-6-10-13/h1,3,12-16H,2,4-11H2. The molecule has 0 aromatic heterocycles. The number of hydrogen-bond donors (Lipinski definition) is 2. The Labute approximate surface area is 99.1 Å². The molecule has 0 radical (unpaired) electrons. The molecule has 2 aliphatic rings. The van der Waals surface area contributed by atoms with Gasteiger partial charge in [-0.05, 0) is 38.0 Å². The zero-order valence-electron chi connectivity index (χ0n) is 10.2. The predicted molar refractivity (Wildman–Crippen MR) is 67.4 cm³/mol. The van der Waals surface area contributed by atoms with Gasteiger partial charge in [0.1, 0.15) is 0 Å². The SMILES string of the molecule is OC(CNC1CCCCC1)C1CC=CCC1. The lowest BCUT2D eigenvalue weighted by molar-refractivity contribution is 0.0957. The third-order valence-electron chi connectivity index (χ3n) is 4.07. The Morgan fingerprint density at radius 1 is 1.12 bits per heavy atom. The van der Waals surface area contributed by atoms with Crippen molar-refractivity contribution >= 4 is 0 Å². The highest BCUT2D eigenvalue weighted by atomic mass is 16.3. The van der Waals surface area contributed by atoms with Gasteiger partial charge in [-0.1, -0.05) is 31.4 Å². The van der Waals surface area contributed by atoms with Crippen LogP contribution in [0.1, 0.15) is 51.4 Å². The van der Waals surface area contributed by atoms with Crippen molar-refractivity contribution in [3.8, 4) is 0 Å². The summed E-state index contributed by atoms with van der Waals surface area (Å²) >= 11 is 0. The third kappa shape index (κ3) is 3.60. The largest absolute Gasteiger partial charge is 0.392 e. The van der Waals surface area contributed by atoms with Crippen molar-refractivity contribution in [1.29, 1.82) is 0 Å². The van der Waals surface area contributed by atoms with E-state index in [1.54, 1.807) is 0 Å². The van der Waals surface area contributed by atoms with Crippen LogP contribution in [0.25, 0.3) is 0 Å². The molecular formula is C14H25NO. The van der Waals surface area contributed by atoms with Crippen molar-refractivity contribution < 1.29 is 5.11 Å². The molecule has 2 heteroatoms. The molecule has 2 unspecified atom stereocenters. The van der Waals surface area contributed by atoms with Gasteiger partial charge in [0, 0.05) is 12.6 Å². The van der Waals surface area contributed by atoms with Gasteiger partial charge in [-0.2, -0.15) is 0 Å². The zero-order valence-corrected chi connectivity index (χ0v) is 10.2. The van der Waals surface area contributed by atoms with Gasteiger partial charge in [-0.25, -0.2) is 0 Å². The summed E-state index contributed by atoms with van der Waals surface area (Å²) < 4.78 is 0. The van der Waals surface area contributed by atoms with Gasteiger partial charge in [0.05, 0.1) is 6.10 Å². The fourth-order valence-electron chi connectivity index (χ4n) is 2.93. The van der Waals surface area contributed by atoms with Crippen molar-refractivity contribution in [1.82, 2.24) is 5.32 Å². The highest BCUT2D eigenvalue weighted by Crippen LogP contribution is 2.22. The Kier molecular flexibility index (Phi) is 4.86. The summed E-state index contributed by atoms with van der Waals surface area (Å²) in [6.07, 6.45) is 14.4. The van der Waals surface area contributed by atoms with Crippen molar-refractivity contribution in [2.75, 3.05) is 6.54 Å². The molecule has 2 nitrogen and oxygen atoms in total. The maximum absolute atomic E-state index is 10.1. The van der Waals surface area contributed by atoms with E-state index < -0.39 is 0 Å². The Morgan fingerprint density at radius 3 is 2.62 bits per heavy atom. The fourth-order valence-corrected chi connectivity index (χ4v) is 2.93. The average Bonchev–Trinajstić information content (AvgIpc) is 2.38. The number of nitrogens with one attached hydrogen (secondary N) is 1. The summed E-state index contributed by atoms with van der Waals surface area (Å²) in [6, 6.07) is 0.669. The van der Waals surface area contributed by atoms with E-state index in [0.717, 1.165) is 25.8 Å². The summed E-state index contributed by atoms with van der Waals surface area (Å²) in [5.41, 5.74) is 0. The third-order valence-corrected chi connectivity index (χ3v) is 4.07. The molecular weight excluding hydrogens is 198 g/mol. The minimum atomic E-state index is -0.146. The first kappa shape index (κ1) is 12.1. The van der Waals surface area contributed by atoms with E-state index in [1.165, 1.54) is 32.1 Å². The number of hydrogen-bond acceptors (Lipinski definition) is 2. The van der Waals surface area contributed by atoms with E-state index in [1.807, 2.05) is 0 Å². The lowest BCUT2D eigenvalue weighted by Crippen LogP contribution is -2.39. The van der Waals surface area contributed by atoms with Crippen molar-refractivity contribution in [3.05, 3.63) is 12.2 Å². The van der Waals surface area contributed by atoms with Crippen LogP contribution in [0.5, 0.6) is 0 Å². The van der Waals surface area contributed by atoms with Gasteiger partial charge in [-0.3, -0.25) is 0 Å². The molecule has 0 aromatic rings. The molecule has 16 heavy (non-hydrogen) atoms. The minimum absolute atomic E-state index is 0.146. The van der Waals surface area contributed by atoms with Crippen molar-refractivity contribution in [2.24, 2.45) is 5.92 Å². The Morgan fingerprint density at radius 2 is 1.94 bits per heavy atom. The molecule has 0 aliphatic heterocycles. The summed E-state index contributed by atoms with van der Waals surface area (Å²) in [6.45, 7) is 0.795. The summed E-state index contributed by atoms with van der Waals surface area (Å²) in [4.78, 5) is 0. The highest BCUT2D eigenvalue weighted by Gasteiger charge is 2.21. The fraction of sp³-hybridized carbons (Fsp3) is 0.857. The van der Waals surface area contributed by atoms with E-state index in [4.69, 9.17) is 0 Å². The second-order valence-electron chi connectivity index (χ2n) is 5.36. The average molecular weight is 223 g/mol. The molecule has 0 saturated heterocycles. The Hall–Kier alpha value is -0.340. The second kappa shape index (κ2) is 6.41. The van der Waals surface area contributed by atoms with Crippen LogP contribution in [0.15, 0.2) is 12.2 Å². The van der Waals surface area contributed by atoms with E-state index >= 15 is 0 Å². The van der Waals surface area contributed by atoms with E-state index in [-0.39, 0.29) is 6.10 Å².